The molecule has 0 atom stereocenters. The van der Waals surface area contributed by atoms with Crippen LogP contribution in [0.5, 0.6) is 0 Å². The van der Waals surface area contributed by atoms with Crippen LogP contribution in [0.3, 0.4) is 0 Å². The van der Waals surface area contributed by atoms with Crippen molar-refractivity contribution in [2.24, 2.45) is 0 Å². The smallest absolute Gasteiger partial charge is 0.230 e. The van der Waals surface area contributed by atoms with Gasteiger partial charge >= 0.3 is 0 Å². The van der Waals surface area contributed by atoms with Crippen LogP contribution in [0.25, 0.3) is 0 Å². The summed E-state index contributed by atoms with van der Waals surface area (Å²) >= 11 is 5.18. The lowest BCUT2D eigenvalue weighted by Crippen LogP contribution is -2.26. The van der Waals surface area contributed by atoms with Gasteiger partial charge in [0, 0.05) is 31.3 Å². The molecule has 0 aliphatic rings. The highest BCUT2D eigenvalue weighted by molar-refractivity contribution is 8.14. The molecule has 0 heterocycles. The highest BCUT2D eigenvalue weighted by Gasteiger charge is 2.04. The van der Waals surface area contributed by atoms with Crippen LogP contribution < -0.4 is 10.6 Å². The minimum atomic E-state index is -0.131. The third-order valence-corrected chi connectivity index (χ3v) is 3.71. The van der Waals surface area contributed by atoms with Gasteiger partial charge in [-0.15, -0.1) is 12.6 Å². The van der Waals surface area contributed by atoms with Crippen LogP contribution in [0.2, 0.25) is 0 Å². The Hall–Kier alpha value is -1.21. The molecular weight excluding hydrogens is 320 g/mol. The second kappa shape index (κ2) is 13.5. The van der Waals surface area contributed by atoms with Gasteiger partial charge in [0.2, 0.25) is 11.8 Å². The average molecular weight is 345 g/mol. The molecule has 5 nitrogen and oxygen atoms in total. The highest BCUT2D eigenvalue weighted by Crippen LogP contribution is 2.02. The number of amides is 2. The van der Waals surface area contributed by atoms with E-state index in [1.165, 1.54) is 6.92 Å². The zero-order valence-electron chi connectivity index (χ0n) is 12.9. The van der Waals surface area contributed by atoms with E-state index in [-0.39, 0.29) is 22.7 Å². The quantitative estimate of drug-likeness (QED) is 0.305. The number of thioether (sulfide) groups is 1. The Bertz CT molecular complexity index is 423. The average Bonchev–Trinajstić information content (AvgIpc) is 2.46. The fourth-order valence-corrected chi connectivity index (χ4v) is 2.13. The Kier molecular flexibility index (Phi) is 12.7. The van der Waals surface area contributed by atoms with Crippen molar-refractivity contribution in [3.63, 3.8) is 0 Å². The molecule has 0 aromatic rings. The molecule has 0 bridgehead atoms. The third kappa shape index (κ3) is 13.8. The molecule has 0 saturated heterocycles. The predicted molar refractivity (Wildman–Crippen MR) is 94.9 cm³/mol. The van der Waals surface area contributed by atoms with Gasteiger partial charge in [-0.2, -0.15) is 0 Å². The molecule has 0 spiro atoms. The zero-order chi connectivity index (χ0) is 16.8. The molecular formula is C15H24N2O3S2. The van der Waals surface area contributed by atoms with E-state index in [0.29, 0.717) is 19.5 Å². The molecule has 0 saturated carbocycles. The summed E-state index contributed by atoms with van der Waals surface area (Å²) in [4.78, 5) is 34.3. The van der Waals surface area contributed by atoms with Crippen LogP contribution in [0.1, 0.15) is 32.6 Å². The number of unbranched alkanes of at least 4 members (excludes halogenated alkanes) is 2. The van der Waals surface area contributed by atoms with Crippen molar-refractivity contribution < 1.29 is 14.4 Å². The molecule has 124 valence electrons. The first-order chi connectivity index (χ1) is 10.5. The van der Waals surface area contributed by atoms with Crippen molar-refractivity contribution in [1.82, 2.24) is 10.6 Å². The monoisotopic (exact) mass is 344 g/mol. The highest BCUT2D eigenvalue weighted by atomic mass is 32.2. The van der Waals surface area contributed by atoms with Gasteiger partial charge < -0.3 is 10.6 Å². The van der Waals surface area contributed by atoms with Gasteiger partial charge in [0.25, 0.3) is 0 Å². The summed E-state index contributed by atoms with van der Waals surface area (Å²) < 4.78 is 0. The summed E-state index contributed by atoms with van der Waals surface area (Å²) in [6.45, 7) is 5.98. The summed E-state index contributed by atoms with van der Waals surface area (Å²) in [5.41, 5.74) is 0. The van der Waals surface area contributed by atoms with E-state index in [4.69, 9.17) is 0 Å². The number of thiol groups is 1. The number of rotatable bonds is 11. The molecule has 0 rings (SSSR count). The van der Waals surface area contributed by atoms with Crippen LogP contribution in [0.15, 0.2) is 23.6 Å². The number of hydrogen-bond acceptors (Lipinski definition) is 5. The Morgan fingerprint density at radius 3 is 2.50 bits per heavy atom. The van der Waals surface area contributed by atoms with Crippen molar-refractivity contribution in [2.45, 2.75) is 32.6 Å². The standard InChI is InChI=1S/C15H24N2O3S2/c1-3-7-13(21)10-17-14(19)8-5-4-6-9-16-15(20)11-22-12(2)18/h3,7,21H,1,4-6,8-11H2,2H3,(H,16,20)(H,17,19)/b13-7-. The Morgan fingerprint density at radius 2 is 1.86 bits per heavy atom. The molecule has 0 unspecified atom stereocenters. The van der Waals surface area contributed by atoms with Crippen molar-refractivity contribution >= 4 is 41.3 Å². The molecule has 2 N–H and O–H groups in total. The molecule has 0 aliphatic heterocycles. The van der Waals surface area contributed by atoms with Crippen molar-refractivity contribution in [3.05, 3.63) is 23.6 Å². The molecule has 0 radical (unpaired) electrons. The number of carbonyl (C=O) groups excluding carboxylic acids is 3. The van der Waals surface area contributed by atoms with Crippen LogP contribution >= 0.6 is 24.4 Å². The summed E-state index contributed by atoms with van der Waals surface area (Å²) in [6, 6.07) is 0. The molecule has 0 fully saturated rings. The summed E-state index contributed by atoms with van der Waals surface area (Å²) in [5, 5.41) is 5.45. The Labute approximate surface area is 141 Å². The van der Waals surface area contributed by atoms with E-state index >= 15 is 0 Å². The maximum Gasteiger partial charge on any atom is 0.230 e. The van der Waals surface area contributed by atoms with E-state index in [1.807, 2.05) is 0 Å². The predicted octanol–water partition coefficient (Wildman–Crippen LogP) is 2.06. The van der Waals surface area contributed by atoms with Crippen LogP contribution in [0, 0.1) is 0 Å². The third-order valence-electron chi connectivity index (χ3n) is 2.59. The molecule has 0 aromatic carbocycles. The van der Waals surface area contributed by atoms with E-state index in [9.17, 15) is 14.4 Å². The maximum atomic E-state index is 11.5. The van der Waals surface area contributed by atoms with Gasteiger partial charge in [-0.3, -0.25) is 14.4 Å². The lowest BCUT2D eigenvalue weighted by molar-refractivity contribution is -0.121. The minimum absolute atomic E-state index is 0.00842. The van der Waals surface area contributed by atoms with E-state index < -0.39 is 0 Å². The second-order valence-electron chi connectivity index (χ2n) is 4.61. The first kappa shape index (κ1) is 20.8. The summed E-state index contributed by atoms with van der Waals surface area (Å²) in [6.07, 6.45) is 6.27. The van der Waals surface area contributed by atoms with E-state index in [2.05, 4.69) is 29.8 Å². The van der Waals surface area contributed by atoms with Crippen LogP contribution in [-0.2, 0) is 14.4 Å². The van der Waals surface area contributed by atoms with E-state index in [1.54, 1.807) is 12.2 Å². The lowest BCUT2D eigenvalue weighted by Gasteiger charge is -2.06. The molecule has 7 heteroatoms. The van der Waals surface area contributed by atoms with Gasteiger partial charge in [-0.05, 0) is 12.8 Å². The number of nitrogens with one attached hydrogen (secondary N) is 2. The first-order valence-electron chi connectivity index (χ1n) is 7.13. The van der Waals surface area contributed by atoms with Gasteiger partial charge in [0.05, 0.1) is 5.75 Å². The van der Waals surface area contributed by atoms with Crippen molar-refractivity contribution in [1.29, 1.82) is 0 Å². The van der Waals surface area contributed by atoms with Gasteiger partial charge in [-0.25, -0.2) is 0 Å². The molecule has 0 aromatic heterocycles. The fourth-order valence-electron chi connectivity index (χ4n) is 1.51. The molecule has 0 aliphatic carbocycles. The lowest BCUT2D eigenvalue weighted by atomic mass is 10.2. The summed E-state index contributed by atoms with van der Waals surface area (Å²) in [7, 11) is 0. The zero-order valence-corrected chi connectivity index (χ0v) is 14.6. The van der Waals surface area contributed by atoms with Crippen LogP contribution in [-0.4, -0.2) is 35.8 Å². The summed E-state index contributed by atoms with van der Waals surface area (Å²) in [5.74, 6) is 0.0290. The Morgan fingerprint density at radius 1 is 1.14 bits per heavy atom. The maximum absolute atomic E-state index is 11.5. The number of hydrogen-bond donors (Lipinski definition) is 3. The molecule has 22 heavy (non-hydrogen) atoms. The van der Waals surface area contributed by atoms with Crippen molar-refractivity contribution in [2.75, 3.05) is 18.8 Å². The van der Waals surface area contributed by atoms with Crippen LogP contribution in [0.4, 0.5) is 0 Å². The van der Waals surface area contributed by atoms with Crippen molar-refractivity contribution in [3.8, 4) is 0 Å². The number of carbonyl (C=O) groups is 3. The van der Waals surface area contributed by atoms with Gasteiger partial charge in [-0.1, -0.05) is 36.9 Å². The topological polar surface area (TPSA) is 75.3 Å². The first-order valence-corrected chi connectivity index (χ1v) is 8.56. The minimum Gasteiger partial charge on any atom is -0.355 e. The van der Waals surface area contributed by atoms with E-state index in [0.717, 1.165) is 35.9 Å². The van der Waals surface area contributed by atoms with Gasteiger partial charge in [0.15, 0.2) is 5.12 Å². The SMILES string of the molecule is C=C/C=C(\S)CNC(=O)CCCCCNC(=O)CSC(C)=O. The molecule has 2 amide bonds. The fraction of sp³-hybridized carbons (Fsp3) is 0.533. The largest absolute Gasteiger partial charge is 0.355 e. The number of allylic oxidation sites excluding steroid dienone is 2. The second-order valence-corrected chi connectivity index (χ2v) is 6.34. The normalized spacial score (nSPS) is 10.9. The van der Waals surface area contributed by atoms with Gasteiger partial charge in [0.1, 0.15) is 0 Å². The Balaban J connectivity index is 3.51.